The van der Waals surface area contributed by atoms with Gasteiger partial charge in [-0.1, -0.05) is 0 Å². The number of anilines is 1. The highest BCUT2D eigenvalue weighted by Gasteiger charge is 2.26. The Morgan fingerprint density at radius 2 is 2.16 bits per heavy atom. The van der Waals surface area contributed by atoms with Crippen LogP contribution in [0, 0.1) is 5.82 Å². The topological polar surface area (TPSA) is 72.5 Å². The molecule has 0 saturated carbocycles. The van der Waals surface area contributed by atoms with Crippen molar-refractivity contribution in [1.29, 1.82) is 0 Å². The van der Waals surface area contributed by atoms with Gasteiger partial charge in [0.2, 0.25) is 5.91 Å². The van der Waals surface area contributed by atoms with E-state index in [1.807, 2.05) is 6.07 Å². The molecule has 170 valence electrons. The second-order valence-corrected chi connectivity index (χ2v) is 8.92. The van der Waals surface area contributed by atoms with Gasteiger partial charge in [0.05, 0.1) is 24.1 Å². The normalized spacial score (nSPS) is 18.5. The van der Waals surface area contributed by atoms with E-state index in [1.54, 1.807) is 31.4 Å². The van der Waals surface area contributed by atoms with Crippen LogP contribution in [0.4, 0.5) is 10.1 Å². The standard InChI is InChI=1S/C24H28FN3O3S/c1-15(29)27-19-6-8-21(30-2)22(14-19)31-11-3-4-18-12-16(9-10-26-18)24-20-7-5-17(25)13-23(20)32-28-24/h5-8,13-14,16,18,26H,3-4,9-12H2,1-2H3,(H,27,29). The van der Waals surface area contributed by atoms with Crippen molar-refractivity contribution in [3.05, 3.63) is 47.9 Å². The number of piperidine rings is 1. The third-order valence-electron chi connectivity index (χ3n) is 5.78. The van der Waals surface area contributed by atoms with Gasteiger partial charge in [-0.15, -0.1) is 0 Å². The van der Waals surface area contributed by atoms with Crippen molar-refractivity contribution in [2.45, 2.75) is 44.6 Å². The van der Waals surface area contributed by atoms with Gasteiger partial charge in [0.15, 0.2) is 11.5 Å². The first-order valence-corrected chi connectivity index (χ1v) is 11.7. The van der Waals surface area contributed by atoms with Crippen molar-refractivity contribution in [2.75, 3.05) is 25.6 Å². The summed E-state index contributed by atoms with van der Waals surface area (Å²) in [6.45, 7) is 2.98. The zero-order valence-corrected chi connectivity index (χ0v) is 19.1. The molecule has 0 aliphatic carbocycles. The van der Waals surface area contributed by atoms with Crippen LogP contribution in [0.1, 0.15) is 44.2 Å². The second-order valence-electron chi connectivity index (χ2n) is 8.12. The summed E-state index contributed by atoms with van der Waals surface area (Å²) < 4.78 is 30.4. The number of hydrogen-bond acceptors (Lipinski definition) is 6. The molecule has 1 aromatic heterocycles. The monoisotopic (exact) mass is 457 g/mol. The highest BCUT2D eigenvalue weighted by atomic mass is 32.1. The van der Waals surface area contributed by atoms with Gasteiger partial charge < -0.3 is 20.1 Å². The summed E-state index contributed by atoms with van der Waals surface area (Å²) in [5.74, 6) is 1.30. The molecule has 2 heterocycles. The van der Waals surface area contributed by atoms with Crippen LogP contribution >= 0.6 is 11.5 Å². The van der Waals surface area contributed by atoms with E-state index < -0.39 is 0 Å². The Kier molecular flexibility index (Phi) is 7.22. The molecule has 6 nitrogen and oxygen atoms in total. The molecule has 1 aliphatic rings. The zero-order valence-electron chi connectivity index (χ0n) is 18.3. The molecule has 8 heteroatoms. The molecular formula is C24H28FN3O3S. The van der Waals surface area contributed by atoms with E-state index in [0.717, 1.165) is 48.0 Å². The summed E-state index contributed by atoms with van der Waals surface area (Å²) >= 11 is 1.38. The number of amides is 1. The van der Waals surface area contributed by atoms with Gasteiger partial charge in [-0.3, -0.25) is 4.79 Å². The number of aromatic nitrogens is 1. The van der Waals surface area contributed by atoms with Crippen molar-refractivity contribution >= 4 is 33.2 Å². The molecular weight excluding hydrogens is 429 g/mol. The van der Waals surface area contributed by atoms with Crippen LogP contribution in [0.5, 0.6) is 11.5 Å². The molecule has 4 rings (SSSR count). The number of hydrogen-bond donors (Lipinski definition) is 2. The average molecular weight is 458 g/mol. The molecule has 2 unspecified atom stereocenters. The lowest BCUT2D eigenvalue weighted by Crippen LogP contribution is -2.37. The Hall–Kier alpha value is -2.71. The Bertz CT molecular complexity index is 1090. The van der Waals surface area contributed by atoms with E-state index in [4.69, 9.17) is 9.47 Å². The molecule has 1 saturated heterocycles. The molecule has 0 bridgehead atoms. The first-order chi connectivity index (χ1) is 15.5. The maximum atomic E-state index is 13.5. The summed E-state index contributed by atoms with van der Waals surface area (Å²) in [5.41, 5.74) is 1.78. The maximum Gasteiger partial charge on any atom is 0.221 e. The van der Waals surface area contributed by atoms with Crippen molar-refractivity contribution in [1.82, 2.24) is 9.69 Å². The van der Waals surface area contributed by atoms with Gasteiger partial charge in [0.25, 0.3) is 0 Å². The highest BCUT2D eigenvalue weighted by molar-refractivity contribution is 7.13. The van der Waals surface area contributed by atoms with Crippen LogP contribution in [0.25, 0.3) is 10.1 Å². The minimum absolute atomic E-state index is 0.128. The fourth-order valence-electron chi connectivity index (χ4n) is 4.28. The molecule has 2 N–H and O–H groups in total. The van der Waals surface area contributed by atoms with Crippen molar-refractivity contribution < 1.29 is 18.7 Å². The fourth-order valence-corrected chi connectivity index (χ4v) is 5.16. The number of benzene rings is 2. The van der Waals surface area contributed by atoms with Crippen LogP contribution in [-0.2, 0) is 4.79 Å². The molecule has 1 fully saturated rings. The van der Waals surface area contributed by atoms with Crippen LogP contribution in [0.2, 0.25) is 0 Å². The molecule has 32 heavy (non-hydrogen) atoms. The first-order valence-electron chi connectivity index (χ1n) is 10.9. The lowest BCUT2D eigenvalue weighted by atomic mass is 9.87. The highest BCUT2D eigenvalue weighted by Crippen LogP contribution is 2.35. The van der Waals surface area contributed by atoms with E-state index in [2.05, 4.69) is 15.0 Å². The van der Waals surface area contributed by atoms with Crippen LogP contribution in [0.3, 0.4) is 0 Å². The smallest absolute Gasteiger partial charge is 0.221 e. The largest absolute Gasteiger partial charge is 0.493 e. The molecule has 0 spiro atoms. The molecule has 3 aromatic rings. The summed E-state index contributed by atoms with van der Waals surface area (Å²) in [6, 6.07) is 10.7. The number of carbonyl (C=O) groups excluding carboxylic acids is 1. The average Bonchev–Trinajstić information content (AvgIpc) is 3.20. The van der Waals surface area contributed by atoms with E-state index in [-0.39, 0.29) is 11.7 Å². The van der Waals surface area contributed by atoms with E-state index >= 15 is 0 Å². The number of ether oxygens (including phenoxy) is 2. The van der Waals surface area contributed by atoms with Crippen molar-refractivity contribution in [3.63, 3.8) is 0 Å². The Morgan fingerprint density at radius 3 is 2.97 bits per heavy atom. The van der Waals surface area contributed by atoms with E-state index in [9.17, 15) is 9.18 Å². The van der Waals surface area contributed by atoms with Gasteiger partial charge in [-0.2, -0.15) is 4.37 Å². The van der Waals surface area contributed by atoms with E-state index in [1.165, 1.54) is 24.5 Å². The predicted octanol–water partition coefficient (Wildman–Crippen LogP) is 5.10. The minimum atomic E-state index is -0.213. The van der Waals surface area contributed by atoms with Crippen LogP contribution in [-0.4, -0.2) is 36.6 Å². The quantitative estimate of drug-likeness (QED) is 0.461. The number of halogens is 1. The fraction of sp³-hybridized carbons (Fsp3) is 0.417. The Labute approximate surface area is 191 Å². The number of rotatable bonds is 8. The third kappa shape index (κ3) is 5.37. The molecule has 2 aromatic carbocycles. The number of nitrogens with one attached hydrogen (secondary N) is 2. The number of fused-ring (bicyclic) bond motifs is 1. The van der Waals surface area contributed by atoms with Crippen LogP contribution < -0.4 is 20.1 Å². The van der Waals surface area contributed by atoms with Gasteiger partial charge in [0.1, 0.15) is 5.82 Å². The third-order valence-corrected chi connectivity index (χ3v) is 6.60. The maximum absolute atomic E-state index is 13.5. The Morgan fingerprint density at radius 1 is 1.28 bits per heavy atom. The van der Waals surface area contributed by atoms with E-state index in [0.29, 0.717) is 35.8 Å². The molecule has 1 aliphatic heterocycles. The summed E-state index contributed by atoms with van der Waals surface area (Å²) in [7, 11) is 1.60. The summed E-state index contributed by atoms with van der Waals surface area (Å²) in [4.78, 5) is 11.3. The van der Waals surface area contributed by atoms with Gasteiger partial charge >= 0.3 is 0 Å². The number of methoxy groups -OCH3 is 1. The predicted molar refractivity (Wildman–Crippen MR) is 125 cm³/mol. The lowest BCUT2D eigenvalue weighted by molar-refractivity contribution is -0.114. The zero-order chi connectivity index (χ0) is 22.5. The SMILES string of the molecule is COc1ccc(NC(C)=O)cc1OCCCC1CC(c2nsc3cc(F)ccc23)CCN1. The summed E-state index contributed by atoms with van der Waals surface area (Å²) in [5, 5.41) is 7.45. The molecule has 2 atom stereocenters. The number of nitrogens with zero attached hydrogens (tertiary/aromatic N) is 1. The number of carbonyl (C=O) groups is 1. The van der Waals surface area contributed by atoms with Gasteiger partial charge in [-0.25, -0.2) is 4.39 Å². The first kappa shape index (κ1) is 22.5. The summed E-state index contributed by atoms with van der Waals surface area (Å²) in [6.07, 6.45) is 3.93. The van der Waals surface area contributed by atoms with Crippen molar-refractivity contribution in [2.24, 2.45) is 0 Å². The Balaban J connectivity index is 1.31. The van der Waals surface area contributed by atoms with Gasteiger partial charge in [0, 0.05) is 36.0 Å². The minimum Gasteiger partial charge on any atom is -0.493 e. The second kappa shape index (κ2) is 10.3. The van der Waals surface area contributed by atoms with Crippen LogP contribution in [0.15, 0.2) is 36.4 Å². The molecule has 1 amide bonds. The lowest BCUT2D eigenvalue weighted by Gasteiger charge is -2.29. The van der Waals surface area contributed by atoms with Gasteiger partial charge in [-0.05, 0) is 74.1 Å². The van der Waals surface area contributed by atoms with Crippen molar-refractivity contribution in [3.8, 4) is 11.5 Å². The molecule has 0 radical (unpaired) electrons.